The molecule has 10 heavy (non-hydrogen) atoms. The second-order valence-electron chi connectivity index (χ2n) is 2.56. The normalized spacial score (nSPS) is 13.2. The van der Waals surface area contributed by atoms with E-state index in [2.05, 4.69) is 5.32 Å². The summed E-state index contributed by atoms with van der Waals surface area (Å²) < 4.78 is 0. The molecule has 4 nitrogen and oxygen atoms in total. The van der Waals surface area contributed by atoms with E-state index in [0.717, 1.165) is 0 Å². The molecule has 0 aromatic rings. The number of likely N-dealkylation sites (N-methyl/N-ethyl adjacent to an activating group) is 1. The minimum Gasteiger partial charge on any atom is -0.352 e. The van der Waals surface area contributed by atoms with Gasteiger partial charge in [0.05, 0.1) is 0 Å². The van der Waals surface area contributed by atoms with Crippen LogP contribution in [0.25, 0.3) is 0 Å². The van der Waals surface area contributed by atoms with Crippen LogP contribution in [0, 0.1) is 0 Å². The molecule has 0 bridgehead atoms. The zero-order chi connectivity index (χ0) is 8.15. The average molecular weight is 145 g/mol. The Morgan fingerprint density at radius 3 is 2.50 bits per heavy atom. The number of nitrogens with zero attached hydrogens (tertiary/aromatic N) is 1. The second kappa shape index (κ2) is 4.11. The van der Waals surface area contributed by atoms with Crippen molar-refractivity contribution in [3.63, 3.8) is 0 Å². The first-order valence-electron chi connectivity index (χ1n) is 3.23. The fraction of sp³-hybridized carbons (Fsp3) is 0.833. The van der Waals surface area contributed by atoms with Gasteiger partial charge < -0.3 is 16.0 Å². The Balaban J connectivity index is 3.39. The Morgan fingerprint density at radius 1 is 1.70 bits per heavy atom. The molecule has 2 amide bonds. The van der Waals surface area contributed by atoms with Crippen LogP contribution in [0.4, 0.5) is 4.79 Å². The van der Waals surface area contributed by atoms with Gasteiger partial charge in [-0.15, -0.1) is 0 Å². The van der Waals surface area contributed by atoms with Gasteiger partial charge in [-0.1, -0.05) is 0 Å². The van der Waals surface area contributed by atoms with Gasteiger partial charge in [-0.2, -0.15) is 0 Å². The number of carbonyl (C=O) groups is 1. The van der Waals surface area contributed by atoms with Crippen LogP contribution in [-0.2, 0) is 0 Å². The third-order valence-corrected chi connectivity index (χ3v) is 1.45. The lowest BCUT2D eigenvalue weighted by molar-refractivity contribution is 0.242. The number of carbonyl (C=O) groups excluding carboxylic acids is 1. The highest BCUT2D eigenvalue weighted by Gasteiger charge is 2.03. The van der Waals surface area contributed by atoms with Gasteiger partial charge in [0.15, 0.2) is 0 Å². The Morgan fingerprint density at radius 2 is 2.20 bits per heavy atom. The van der Waals surface area contributed by atoms with Crippen LogP contribution in [0.1, 0.15) is 6.92 Å². The molecule has 0 aromatic carbocycles. The Bertz CT molecular complexity index is 114. The number of primary amides is 1. The average Bonchev–Trinajstić information content (AvgIpc) is 1.82. The van der Waals surface area contributed by atoms with E-state index in [1.807, 2.05) is 25.9 Å². The molecule has 1 atom stereocenters. The molecule has 0 aromatic heterocycles. The summed E-state index contributed by atoms with van der Waals surface area (Å²) in [6, 6.07) is -0.138. The van der Waals surface area contributed by atoms with Gasteiger partial charge in [-0.3, -0.25) is 0 Å². The van der Waals surface area contributed by atoms with E-state index in [-0.39, 0.29) is 0 Å². The lowest BCUT2D eigenvalue weighted by Crippen LogP contribution is -2.40. The van der Waals surface area contributed by atoms with Gasteiger partial charge in [0, 0.05) is 12.6 Å². The smallest absolute Gasteiger partial charge is 0.312 e. The van der Waals surface area contributed by atoms with Crippen molar-refractivity contribution in [3.05, 3.63) is 0 Å². The molecule has 0 saturated heterocycles. The molecule has 0 aliphatic rings. The van der Waals surface area contributed by atoms with E-state index in [0.29, 0.717) is 12.6 Å². The lowest BCUT2D eigenvalue weighted by Gasteiger charge is -2.19. The highest BCUT2D eigenvalue weighted by atomic mass is 16.2. The van der Waals surface area contributed by atoms with Gasteiger partial charge in [0.25, 0.3) is 0 Å². The summed E-state index contributed by atoms with van der Waals surface area (Å²) in [5.41, 5.74) is 4.87. The maximum Gasteiger partial charge on any atom is 0.312 e. The van der Waals surface area contributed by atoms with Crippen molar-refractivity contribution >= 4 is 6.03 Å². The first kappa shape index (κ1) is 9.23. The Kier molecular flexibility index (Phi) is 3.79. The van der Waals surface area contributed by atoms with Crippen LogP contribution in [0.5, 0.6) is 0 Å². The van der Waals surface area contributed by atoms with Crippen LogP contribution in [0.3, 0.4) is 0 Å². The van der Waals surface area contributed by atoms with Crippen molar-refractivity contribution in [1.29, 1.82) is 0 Å². The van der Waals surface area contributed by atoms with Gasteiger partial charge in [-0.05, 0) is 21.0 Å². The fourth-order valence-electron chi connectivity index (χ4n) is 0.431. The quantitative estimate of drug-likeness (QED) is 0.568. The molecule has 0 aliphatic heterocycles. The van der Waals surface area contributed by atoms with Crippen molar-refractivity contribution in [3.8, 4) is 0 Å². The molecule has 0 aliphatic carbocycles. The second-order valence-corrected chi connectivity index (χ2v) is 2.56. The summed E-state index contributed by atoms with van der Waals surface area (Å²) in [7, 11) is 3.90. The molecular formula is C6H15N3O. The van der Waals surface area contributed by atoms with Crippen molar-refractivity contribution in [2.75, 3.05) is 20.6 Å². The van der Waals surface area contributed by atoms with E-state index >= 15 is 0 Å². The predicted octanol–water partition coefficient (Wildman–Crippen LogP) is -0.395. The molecule has 0 rings (SSSR count). The van der Waals surface area contributed by atoms with Gasteiger partial charge in [-0.25, -0.2) is 4.79 Å². The van der Waals surface area contributed by atoms with E-state index in [1.165, 1.54) is 0 Å². The van der Waals surface area contributed by atoms with Crippen molar-refractivity contribution in [1.82, 2.24) is 10.2 Å². The van der Waals surface area contributed by atoms with Crippen molar-refractivity contribution < 1.29 is 4.79 Å². The summed E-state index contributed by atoms with van der Waals surface area (Å²) in [6.45, 7) is 2.61. The maximum absolute atomic E-state index is 10.2. The summed E-state index contributed by atoms with van der Waals surface area (Å²) in [5, 5.41) is 2.52. The number of hydrogen-bond acceptors (Lipinski definition) is 2. The van der Waals surface area contributed by atoms with E-state index in [4.69, 9.17) is 5.73 Å². The van der Waals surface area contributed by atoms with Crippen LogP contribution in [0.15, 0.2) is 0 Å². The fourth-order valence-corrected chi connectivity index (χ4v) is 0.431. The predicted molar refractivity (Wildman–Crippen MR) is 40.7 cm³/mol. The molecule has 0 spiro atoms. The summed E-state index contributed by atoms with van der Waals surface area (Å²) in [4.78, 5) is 12.2. The van der Waals surface area contributed by atoms with E-state index in [9.17, 15) is 4.79 Å². The number of amides is 2. The van der Waals surface area contributed by atoms with Gasteiger partial charge in [0.2, 0.25) is 0 Å². The summed E-state index contributed by atoms with van der Waals surface area (Å²) in [5.74, 6) is 0. The Labute approximate surface area is 61.4 Å². The number of urea groups is 1. The highest BCUT2D eigenvalue weighted by molar-refractivity contribution is 5.71. The topological polar surface area (TPSA) is 58.4 Å². The van der Waals surface area contributed by atoms with Crippen LogP contribution >= 0.6 is 0 Å². The maximum atomic E-state index is 10.2. The standard InChI is InChI=1S/C6H15N3O/c1-5(9(2)3)4-8-6(7)10/h5H,4H2,1-3H3,(H3,7,8,10). The first-order chi connectivity index (χ1) is 4.54. The molecule has 0 heterocycles. The zero-order valence-electron chi connectivity index (χ0n) is 6.72. The van der Waals surface area contributed by atoms with Crippen LogP contribution in [-0.4, -0.2) is 37.6 Å². The molecule has 3 N–H and O–H groups in total. The minimum absolute atomic E-state index is 0.326. The lowest BCUT2D eigenvalue weighted by atomic mass is 10.3. The van der Waals surface area contributed by atoms with E-state index in [1.54, 1.807) is 0 Å². The Hall–Kier alpha value is -0.770. The highest BCUT2D eigenvalue weighted by Crippen LogP contribution is 1.86. The molecule has 60 valence electrons. The molecule has 0 fully saturated rings. The molecule has 4 heteroatoms. The molecule has 1 unspecified atom stereocenters. The van der Waals surface area contributed by atoms with E-state index < -0.39 is 6.03 Å². The van der Waals surface area contributed by atoms with Crippen LogP contribution in [0.2, 0.25) is 0 Å². The third kappa shape index (κ3) is 4.14. The summed E-state index contributed by atoms with van der Waals surface area (Å²) in [6.07, 6.45) is 0. The SMILES string of the molecule is CC(CNC(N)=O)N(C)C. The molecule has 0 saturated carbocycles. The zero-order valence-corrected chi connectivity index (χ0v) is 6.72. The largest absolute Gasteiger partial charge is 0.352 e. The monoisotopic (exact) mass is 145 g/mol. The van der Waals surface area contributed by atoms with Gasteiger partial charge in [0.1, 0.15) is 0 Å². The third-order valence-electron chi connectivity index (χ3n) is 1.45. The number of nitrogens with two attached hydrogens (primary N) is 1. The number of nitrogens with one attached hydrogen (secondary N) is 1. The van der Waals surface area contributed by atoms with Gasteiger partial charge >= 0.3 is 6.03 Å². The van der Waals surface area contributed by atoms with Crippen LogP contribution < -0.4 is 11.1 Å². The molecule has 0 radical (unpaired) electrons. The number of rotatable bonds is 3. The van der Waals surface area contributed by atoms with Crippen molar-refractivity contribution in [2.24, 2.45) is 5.73 Å². The number of hydrogen-bond donors (Lipinski definition) is 2. The first-order valence-corrected chi connectivity index (χ1v) is 3.23. The molecular weight excluding hydrogens is 130 g/mol. The minimum atomic E-state index is -0.464. The van der Waals surface area contributed by atoms with Crippen molar-refractivity contribution in [2.45, 2.75) is 13.0 Å². The summed E-state index contributed by atoms with van der Waals surface area (Å²) >= 11 is 0.